The van der Waals surface area contributed by atoms with Crippen molar-refractivity contribution in [1.29, 1.82) is 0 Å². The van der Waals surface area contributed by atoms with Crippen LogP contribution < -0.4 is 4.90 Å². The van der Waals surface area contributed by atoms with Gasteiger partial charge in [-0.2, -0.15) is 0 Å². The molecule has 2 atom stereocenters. The van der Waals surface area contributed by atoms with E-state index in [1.54, 1.807) is 0 Å². The number of rotatable bonds is 2. The molecule has 2 unspecified atom stereocenters. The highest BCUT2D eigenvalue weighted by Crippen LogP contribution is 2.31. The summed E-state index contributed by atoms with van der Waals surface area (Å²) in [5.74, 6) is 1.42. The highest BCUT2D eigenvalue weighted by Gasteiger charge is 2.23. The molecule has 94 valence electrons. The molecule has 1 fully saturated rings. The summed E-state index contributed by atoms with van der Waals surface area (Å²) >= 11 is 9.47. The van der Waals surface area contributed by atoms with Crippen LogP contribution >= 0.6 is 27.5 Å². The molecule has 0 amide bonds. The predicted molar refractivity (Wildman–Crippen MR) is 78.9 cm³/mol. The van der Waals surface area contributed by atoms with Crippen LogP contribution in [0.4, 0.5) is 5.69 Å². The average molecular weight is 317 g/mol. The topological polar surface area (TPSA) is 3.24 Å². The number of anilines is 1. The SMILES string of the molecule is CC1CCN(c2ccc(CCl)c(Br)c2)C(C)C1. The number of alkyl halides is 1. The summed E-state index contributed by atoms with van der Waals surface area (Å²) < 4.78 is 1.12. The molecule has 1 aromatic carbocycles. The third-order valence-electron chi connectivity index (χ3n) is 3.65. The molecule has 1 aliphatic heterocycles. The van der Waals surface area contributed by atoms with E-state index in [9.17, 15) is 0 Å². The van der Waals surface area contributed by atoms with Crippen LogP contribution in [0.3, 0.4) is 0 Å². The molecule has 0 aliphatic carbocycles. The van der Waals surface area contributed by atoms with Crippen molar-refractivity contribution < 1.29 is 0 Å². The first-order chi connectivity index (χ1) is 8.11. The number of hydrogen-bond donors (Lipinski definition) is 0. The highest BCUT2D eigenvalue weighted by atomic mass is 79.9. The molecule has 0 aromatic heterocycles. The fourth-order valence-corrected chi connectivity index (χ4v) is 3.52. The van der Waals surface area contributed by atoms with Crippen molar-refractivity contribution in [2.75, 3.05) is 11.4 Å². The number of piperidine rings is 1. The Morgan fingerprint density at radius 3 is 2.76 bits per heavy atom. The molecule has 0 spiro atoms. The smallest absolute Gasteiger partial charge is 0.0485 e. The molecule has 2 rings (SSSR count). The van der Waals surface area contributed by atoms with E-state index in [2.05, 4.69) is 52.9 Å². The van der Waals surface area contributed by atoms with Gasteiger partial charge in [0.2, 0.25) is 0 Å². The predicted octanol–water partition coefficient (Wildman–Crippen LogP) is 4.81. The molecule has 0 saturated carbocycles. The summed E-state index contributed by atoms with van der Waals surface area (Å²) in [5, 5.41) is 0. The Balaban J connectivity index is 2.19. The van der Waals surface area contributed by atoms with Crippen LogP contribution in [-0.4, -0.2) is 12.6 Å². The zero-order valence-electron chi connectivity index (χ0n) is 10.4. The molecule has 3 heteroatoms. The van der Waals surface area contributed by atoms with E-state index in [0.717, 1.165) is 22.5 Å². The summed E-state index contributed by atoms with van der Waals surface area (Å²) in [4.78, 5) is 2.50. The fourth-order valence-electron chi connectivity index (χ4n) is 2.61. The van der Waals surface area contributed by atoms with Crippen LogP contribution in [0.2, 0.25) is 0 Å². The van der Waals surface area contributed by atoms with Gasteiger partial charge < -0.3 is 4.90 Å². The average Bonchev–Trinajstić information content (AvgIpc) is 2.29. The standard InChI is InChI=1S/C14H19BrClN/c1-10-5-6-17(11(2)7-10)13-4-3-12(9-16)14(15)8-13/h3-4,8,10-11H,5-7,9H2,1-2H3. The quantitative estimate of drug-likeness (QED) is 0.708. The lowest BCUT2D eigenvalue weighted by Gasteiger charge is -2.38. The molecule has 17 heavy (non-hydrogen) atoms. The Morgan fingerprint density at radius 2 is 2.18 bits per heavy atom. The monoisotopic (exact) mass is 315 g/mol. The van der Waals surface area contributed by atoms with Gasteiger partial charge in [0.15, 0.2) is 0 Å². The Morgan fingerprint density at radius 1 is 1.41 bits per heavy atom. The zero-order valence-corrected chi connectivity index (χ0v) is 12.8. The van der Waals surface area contributed by atoms with Gasteiger partial charge in [0.25, 0.3) is 0 Å². The maximum atomic E-state index is 5.87. The van der Waals surface area contributed by atoms with Gasteiger partial charge in [0, 0.05) is 28.6 Å². The molecule has 1 saturated heterocycles. The number of benzene rings is 1. The van der Waals surface area contributed by atoms with Crippen LogP contribution in [0.25, 0.3) is 0 Å². The molecular formula is C14H19BrClN. The molecule has 0 N–H and O–H groups in total. The Kier molecular flexibility index (Phi) is 4.37. The molecule has 1 aromatic rings. The summed E-state index contributed by atoms with van der Waals surface area (Å²) in [6, 6.07) is 7.14. The third-order valence-corrected chi connectivity index (χ3v) is 4.68. The van der Waals surface area contributed by atoms with Crippen molar-refractivity contribution in [3.05, 3.63) is 28.2 Å². The number of nitrogens with zero attached hydrogens (tertiary/aromatic N) is 1. The Labute approximate surface area is 117 Å². The van der Waals surface area contributed by atoms with E-state index in [0.29, 0.717) is 11.9 Å². The summed E-state index contributed by atoms with van der Waals surface area (Å²) in [6.07, 6.45) is 2.58. The van der Waals surface area contributed by atoms with Crippen LogP contribution in [0, 0.1) is 5.92 Å². The zero-order chi connectivity index (χ0) is 12.4. The first-order valence-electron chi connectivity index (χ1n) is 6.23. The van der Waals surface area contributed by atoms with Crippen LogP contribution in [0.1, 0.15) is 32.3 Å². The van der Waals surface area contributed by atoms with E-state index in [-0.39, 0.29) is 0 Å². The van der Waals surface area contributed by atoms with Crippen molar-refractivity contribution in [3.63, 3.8) is 0 Å². The second-order valence-electron chi connectivity index (χ2n) is 5.08. The molecule has 1 aliphatic rings. The molecule has 0 radical (unpaired) electrons. The second kappa shape index (κ2) is 5.62. The maximum Gasteiger partial charge on any atom is 0.0485 e. The van der Waals surface area contributed by atoms with Gasteiger partial charge in [-0.15, -0.1) is 11.6 Å². The third kappa shape index (κ3) is 2.97. The van der Waals surface area contributed by atoms with Crippen LogP contribution in [0.5, 0.6) is 0 Å². The van der Waals surface area contributed by atoms with Gasteiger partial charge in [-0.05, 0) is 43.4 Å². The van der Waals surface area contributed by atoms with Gasteiger partial charge in [-0.25, -0.2) is 0 Å². The lowest BCUT2D eigenvalue weighted by atomic mass is 9.93. The van der Waals surface area contributed by atoms with E-state index in [1.165, 1.54) is 18.5 Å². The van der Waals surface area contributed by atoms with Crippen molar-refractivity contribution in [2.45, 2.75) is 38.6 Å². The van der Waals surface area contributed by atoms with Gasteiger partial charge in [-0.1, -0.05) is 28.9 Å². The van der Waals surface area contributed by atoms with Crippen LogP contribution in [-0.2, 0) is 5.88 Å². The van der Waals surface area contributed by atoms with E-state index < -0.39 is 0 Å². The molecule has 0 bridgehead atoms. The summed E-state index contributed by atoms with van der Waals surface area (Å²) in [5.41, 5.74) is 2.47. The molecule has 1 heterocycles. The minimum Gasteiger partial charge on any atom is -0.369 e. The molecular weight excluding hydrogens is 298 g/mol. The van der Waals surface area contributed by atoms with Gasteiger partial charge in [0.05, 0.1) is 0 Å². The molecule has 1 nitrogen and oxygen atoms in total. The fraction of sp³-hybridized carbons (Fsp3) is 0.571. The van der Waals surface area contributed by atoms with E-state index in [1.807, 2.05) is 0 Å². The second-order valence-corrected chi connectivity index (χ2v) is 6.20. The van der Waals surface area contributed by atoms with Crippen molar-refractivity contribution in [1.82, 2.24) is 0 Å². The van der Waals surface area contributed by atoms with Gasteiger partial charge in [-0.3, -0.25) is 0 Å². The van der Waals surface area contributed by atoms with E-state index in [4.69, 9.17) is 11.6 Å². The van der Waals surface area contributed by atoms with Gasteiger partial charge in [0.1, 0.15) is 0 Å². The van der Waals surface area contributed by atoms with Crippen molar-refractivity contribution in [3.8, 4) is 0 Å². The lowest BCUT2D eigenvalue weighted by molar-refractivity contribution is 0.378. The minimum atomic E-state index is 0.563. The largest absolute Gasteiger partial charge is 0.369 e. The first-order valence-corrected chi connectivity index (χ1v) is 7.55. The van der Waals surface area contributed by atoms with Gasteiger partial charge >= 0.3 is 0 Å². The normalized spacial score (nSPS) is 25.1. The Bertz CT molecular complexity index is 394. The minimum absolute atomic E-state index is 0.563. The van der Waals surface area contributed by atoms with Crippen molar-refractivity contribution in [2.24, 2.45) is 5.92 Å². The number of hydrogen-bond acceptors (Lipinski definition) is 1. The number of halogens is 2. The summed E-state index contributed by atoms with van der Waals surface area (Å²) in [6.45, 7) is 5.83. The first kappa shape index (κ1) is 13.2. The van der Waals surface area contributed by atoms with Crippen molar-refractivity contribution >= 4 is 33.2 Å². The van der Waals surface area contributed by atoms with E-state index >= 15 is 0 Å². The Hall–Kier alpha value is -0.210. The maximum absolute atomic E-state index is 5.87. The summed E-state index contributed by atoms with van der Waals surface area (Å²) in [7, 11) is 0. The highest BCUT2D eigenvalue weighted by molar-refractivity contribution is 9.10. The van der Waals surface area contributed by atoms with Crippen LogP contribution in [0.15, 0.2) is 22.7 Å². The lowest BCUT2D eigenvalue weighted by Crippen LogP contribution is -2.40.